The fourth-order valence-corrected chi connectivity index (χ4v) is 16.3. The maximum absolute atomic E-state index is 7.33. The van der Waals surface area contributed by atoms with Gasteiger partial charge in [-0.3, -0.25) is 0 Å². The number of benzene rings is 14. The summed E-state index contributed by atoms with van der Waals surface area (Å²) in [5, 5.41) is 4.24. The van der Waals surface area contributed by atoms with E-state index in [1.165, 1.54) is 38.8 Å². The van der Waals surface area contributed by atoms with E-state index in [1.807, 2.05) is 0 Å². The Morgan fingerprint density at radius 3 is 0.876 bits per heavy atom. The monoisotopic (exact) mass is 1360 g/mol. The largest absolute Gasteiger partial charge is 0.456 e. The summed E-state index contributed by atoms with van der Waals surface area (Å²) in [6.07, 6.45) is 0. The molecule has 16 aromatic rings. The molecule has 0 saturated heterocycles. The van der Waals surface area contributed by atoms with Gasteiger partial charge in [0.2, 0.25) is 0 Å². The van der Waals surface area contributed by atoms with Crippen LogP contribution in [-0.2, 0) is 21.7 Å². The molecule has 5 heteroatoms. The highest BCUT2D eigenvalue weighted by molar-refractivity contribution is 7.00. The molecule has 105 heavy (non-hydrogen) atoms. The molecule has 4 nitrogen and oxygen atoms in total. The SMILES string of the molecule is CC(C)(C)c1cc(-c2ccccc2N2c3cc4c(cc3B3c5cc6oc7cc(-c8ccccc8)ccc7c6cc5N(c5ccccc5-c5cc(C(C)(C)C)cc(C(C)(C)C)c5)c5cc(-c6cc(-c7ccccc7)cc(-c7ccccc7)c6)cc2c53)oc2cc(-c3ccccc3)ccc24)cc(C(C)(C)C)c1. The molecule has 0 unspecified atom stereocenters. The van der Waals surface area contributed by atoms with E-state index >= 15 is 0 Å². The standard InChI is InChI=1S/C100H85BN2O2/c1-97(2,3)74-48-72(49-75(56-74)98(4,5)6)78-37-25-27-39-86(78)102-88-58-82-80-43-41-66(62-29-17-13-18-30-62)54-92(80)104-94(82)60-84(88)101-85-61-95-83(81-44-42-67(55-93(81)105-95)63-31-19-14-20-32-63)59-89(85)103(87-40-28-26-38-79(87)73-50-76(99(7,8)9)57-77(51-73)100(10,11)12)91-53-71(52-90(102)96(91)101)70-46-68(64-33-21-15-22-34-64)45-69(47-70)65-35-23-16-24-36-65/h13-61H,1-12H3. The predicted octanol–water partition coefficient (Wildman–Crippen LogP) is 26.4. The molecular weight excluding hydrogens is 1270 g/mol. The summed E-state index contributed by atoms with van der Waals surface area (Å²) in [7, 11) is 0. The lowest BCUT2D eigenvalue weighted by molar-refractivity contribution is 0.568. The molecule has 0 atom stereocenters. The first kappa shape index (κ1) is 65.4. The Kier molecular flexibility index (Phi) is 15.3. The average molecular weight is 1360 g/mol. The number of fused-ring (bicyclic) bond motifs is 10. The Bertz CT molecular complexity index is 5700. The highest BCUT2D eigenvalue weighted by Gasteiger charge is 2.46. The molecule has 4 heterocycles. The van der Waals surface area contributed by atoms with Crippen LogP contribution in [-0.4, -0.2) is 6.71 Å². The molecule has 0 fully saturated rings. The highest BCUT2D eigenvalue weighted by Crippen LogP contribution is 2.53. The van der Waals surface area contributed by atoms with E-state index in [0.29, 0.717) is 0 Å². The van der Waals surface area contributed by atoms with Crippen LogP contribution in [0.2, 0.25) is 0 Å². The van der Waals surface area contributed by atoms with E-state index in [0.717, 1.165) is 156 Å². The van der Waals surface area contributed by atoms with Crippen molar-refractivity contribution < 1.29 is 8.83 Å². The van der Waals surface area contributed by atoms with Crippen molar-refractivity contribution in [1.82, 2.24) is 0 Å². The van der Waals surface area contributed by atoms with E-state index in [2.05, 4.69) is 390 Å². The van der Waals surface area contributed by atoms with Crippen molar-refractivity contribution >= 4 is 101 Å². The van der Waals surface area contributed by atoms with E-state index < -0.39 is 0 Å². The zero-order valence-corrected chi connectivity index (χ0v) is 62.1. The van der Waals surface area contributed by atoms with Gasteiger partial charge in [0.15, 0.2) is 0 Å². The summed E-state index contributed by atoms with van der Waals surface area (Å²) < 4.78 is 14.7. The number of para-hydroxylation sites is 2. The normalized spacial score (nSPS) is 13.1. The van der Waals surface area contributed by atoms with Crippen molar-refractivity contribution in [3.63, 3.8) is 0 Å². The minimum Gasteiger partial charge on any atom is -0.456 e. The lowest BCUT2D eigenvalue weighted by Crippen LogP contribution is -2.61. The van der Waals surface area contributed by atoms with Crippen molar-refractivity contribution in [3.8, 4) is 77.9 Å². The van der Waals surface area contributed by atoms with E-state index in [9.17, 15) is 0 Å². The van der Waals surface area contributed by atoms with Gasteiger partial charge >= 0.3 is 0 Å². The first-order chi connectivity index (χ1) is 50.5. The van der Waals surface area contributed by atoms with Gasteiger partial charge in [0, 0.05) is 55.4 Å². The number of anilines is 6. The van der Waals surface area contributed by atoms with Crippen molar-refractivity contribution in [2.75, 3.05) is 9.80 Å². The summed E-state index contributed by atoms with van der Waals surface area (Å²) in [4.78, 5) is 5.28. The topological polar surface area (TPSA) is 32.8 Å². The Balaban J connectivity index is 1.00. The molecule has 2 aromatic heterocycles. The van der Waals surface area contributed by atoms with Gasteiger partial charge in [-0.1, -0.05) is 289 Å². The third-order valence-electron chi connectivity index (χ3n) is 22.2. The first-order valence-electron chi connectivity index (χ1n) is 37.2. The van der Waals surface area contributed by atoms with Gasteiger partial charge in [-0.15, -0.1) is 0 Å². The minimum absolute atomic E-state index is 0.129. The molecular formula is C100H85BN2O2. The maximum atomic E-state index is 7.33. The Morgan fingerprint density at radius 1 is 0.219 bits per heavy atom. The molecule has 0 aliphatic carbocycles. The van der Waals surface area contributed by atoms with Crippen LogP contribution in [0, 0.1) is 0 Å². The van der Waals surface area contributed by atoms with Crippen LogP contribution >= 0.6 is 0 Å². The fraction of sp³-hybridized carbons (Fsp3) is 0.160. The van der Waals surface area contributed by atoms with Crippen molar-refractivity contribution in [2.45, 2.75) is 105 Å². The van der Waals surface area contributed by atoms with Gasteiger partial charge < -0.3 is 18.6 Å². The summed E-state index contributed by atoms with van der Waals surface area (Å²) in [5.74, 6) is 0. The average Bonchev–Trinajstić information content (AvgIpc) is 1.59. The molecule has 0 bridgehead atoms. The van der Waals surface area contributed by atoms with Crippen LogP contribution in [0.25, 0.3) is 122 Å². The first-order valence-corrected chi connectivity index (χ1v) is 37.2. The summed E-state index contributed by atoms with van der Waals surface area (Å²) >= 11 is 0. The van der Waals surface area contributed by atoms with Gasteiger partial charge in [0.25, 0.3) is 6.71 Å². The van der Waals surface area contributed by atoms with Gasteiger partial charge in [0.05, 0.1) is 11.4 Å². The number of rotatable bonds is 9. The van der Waals surface area contributed by atoms with E-state index in [-0.39, 0.29) is 28.4 Å². The molecule has 2 aliphatic rings. The molecule has 14 aromatic carbocycles. The quantitative estimate of drug-likeness (QED) is 0.135. The van der Waals surface area contributed by atoms with Crippen LogP contribution < -0.4 is 26.2 Å². The third-order valence-corrected chi connectivity index (χ3v) is 22.2. The molecule has 0 saturated carbocycles. The van der Waals surface area contributed by atoms with E-state index in [4.69, 9.17) is 8.83 Å². The molecule has 0 radical (unpaired) electrons. The predicted molar refractivity (Wildman–Crippen MR) is 448 cm³/mol. The number of nitrogens with zero attached hydrogens (tertiary/aromatic N) is 2. The molecule has 0 spiro atoms. The van der Waals surface area contributed by atoms with E-state index in [1.54, 1.807) is 0 Å². The van der Waals surface area contributed by atoms with Crippen LogP contribution in [0.3, 0.4) is 0 Å². The maximum Gasteiger partial charge on any atom is 0.252 e. The Labute approximate surface area is 618 Å². The van der Waals surface area contributed by atoms with Crippen LogP contribution in [0.4, 0.5) is 34.1 Å². The lowest BCUT2D eigenvalue weighted by Gasteiger charge is -2.45. The minimum atomic E-state index is -0.334. The zero-order chi connectivity index (χ0) is 72.0. The fourth-order valence-electron chi connectivity index (χ4n) is 16.3. The van der Waals surface area contributed by atoms with Crippen LogP contribution in [0.5, 0.6) is 0 Å². The molecule has 2 aliphatic heterocycles. The molecule has 510 valence electrons. The van der Waals surface area contributed by atoms with Crippen LogP contribution in [0.15, 0.2) is 306 Å². The zero-order valence-electron chi connectivity index (χ0n) is 62.1. The highest BCUT2D eigenvalue weighted by atomic mass is 16.3. The van der Waals surface area contributed by atoms with Gasteiger partial charge in [0.1, 0.15) is 22.3 Å². The number of furan rings is 2. The summed E-state index contributed by atoms with van der Waals surface area (Å²) in [5.41, 5.74) is 34.0. The van der Waals surface area contributed by atoms with Gasteiger partial charge in [-0.05, 0) is 218 Å². The van der Waals surface area contributed by atoms with Crippen LogP contribution in [0.1, 0.15) is 105 Å². The van der Waals surface area contributed by atoms with Crippen molar-refractivity contribution in [2.24, 2.45) is 0 Å². The van der Waals surface area contributed by atoms with Crippen molar-refractivity contribution in [1.29, 1.82) is 0 Å². The molecule has 18 rings (SSSR count). The van der Waals surface area contributed by atoms with Crippen molar-refractivity contribution in [3.05, 3.63) is 320 Å². The third kappa shape index (κ3) is 11.5. The Morgan fingerprint density at radius 2 is 0.524 bits per heavy atom. The second-order valence-corrected chi connectivity index (χ2v) is 33.4. The lowest BCUT2D eigenvalue weighted by atomic mass is 9.33. The summed E-state index contributed by atoms with van der Waals surface area (Å²) in [6, 6.07) is 112. The second-order valence-electron chi connectivity index (χ2n) is 33.4. The summed E-state index contributed by atoms with van der Waals surface area (Å²) in [6.45, 7) is 27.8. The Hall–Kier alpha value is -11.7. The number of hydrogen-bond donors (Lipinski definition) is 0. The molecule has 0 N–H and O–H groups in total. The molecule has 0 amide bonds. The smallest absolute Gasteiger partial charge is 0.252 e. The number of hydrogen-bond acceptors (Lipinski definition) is 4. The van der Waals surface area contributed by atoms with Gasteiger partial charge in [-0.2, -0.15) is 0 Å². The second kappa shape index (κ2) is 24.5. The van der Waals surface area contributed by atoms with Gasteiger partial charge in [-0.25, -0.2) is 0 Å².